The molecule has 1 saturated heterocycles. The highest BCUT2D eigenvalue weighted by molar-refractivity contribution is 9.10. The van der Waals surface area contributed by atoms with Gasteiger partial charge < -0.3 is 15.2 Å². The second-order valence-corrected chi connectivity index (χ2v) is 6.56. The Hall–Kier alpha value is 0.0600. The molecule has 0 spiro atoms. The molecule has 1 fully saturated rings. The summed E-state index contributed by atoms with van der Waals surface area (Å²) >= 11 is 5.23. The van der Waals surface area contributed by atoms with Gasteiger partial charge in [-0.25, -0.2) is 0 Å². The van der Waals surface area contributed by atoms with E-state index in [0.717, 1.165) is 36.9 Å². The van der Waals surface area contributed by atoms with Crippen molar-refractivity contribution in [2.75, 3.05) is 19.8 Å². The van der Waals surface area contributed by atoms with Crippen LogP contribution in [0.4, 0.5) is 0 Å². The first kappa shape index (κ1) is 14.5. The zero-order valence-corrected chi connectivity index (χ0v) is 13.1. The zero-order chi connectivity index (χ0) is 13.0. The van der Waals surface area contributed by atoms with Crippen molar-refractivity contribution in [1.82, 2.24) is 0 Å². The quantitative estimate of drug-likeness (QED) is 0.900. The summed E-state index contributed by atoms with van der Waals surface area (Å²) in [6, 6.07) is 2.18. The first-order chi connectivity index (χ1) is 8.66. The molecule has 1 aromatic heterocycles. The van der Waals surface area contributed by atoms with Crippen LogP contribution in [0, 0.1) is 0 Å². The van der Waals surface area contributed by atoms with E-state index in [1.165, 1.54) is 4.88 Å². The maximum absolute atomic E-state index is 6.42. The number of nitrogens with two attached hydrogens (primary N) is 1. The summed E-state index contributed by atoms with van der Waals surface area (Å²) in [5.74, 6) is 0. The van der Waals surface area contributed by atoms with E-state index in [0.29, 0.717) is 6.61 Å². The average Bonchev–Trinajstić information content (AvgIpc) is 2.76. The zero-order valence-electron chi connectivity index (χ0n) is 10.7. The molecule has 0 aliphatic carbocycles. The van der Waals surface area contributed by atoms with Gasteiger partial charge in [0.2, 0.25) is 0 Å². The first-order valence-electron chi connectivity index (χ1n) is 6.36. The number of halogens is 1. The van der Waals surface area contributed by atoms with Gasteiger partial charge in [-0.05, 0) is 35.3 Å². The van der Waals surface area contributed by atoms with Gasteiger partial charge in [-0.1, -0.05) is 0 Å². The fourth-order valence-electron chi connectivity index (χ4n) is 2.49. The van der Waals surface area contributed by atoms with Crippen LogP contribution in [0.5, 0.6) is 0 Å². The Morgan fingerprint density at radius 1 is 1.56 bits per heavy atom. The molecule has 0 amide bonds. The third-order valence-corrected chi connectivity index (χ3v) is 5.21. The lowest BCUT2D eigenvalue weighted by Crippen LogP contribution is -2.54. The largest absolute Gasteiger partial charge is 0.381 e. The highest BCUT2D eigenvalue weighted by Crippen LogP contribution is 2.31. The summed E-state index contributed by atoms with van der Waals surface area (Å²) in [6.07, 6.45) is 2.67. The van der Waals surface area contributed by atoms with Crippen LogP contribution in [0.25, 0.3) is 0 Å². The maximum atomic E-state index is 6.42. The molecule has 0 bridgehead atoms. The molecule has 0 radical (unpaired) electrons. The Kier molecular flexibility index (Phi) is 5.21. The fourth-order valence-corrected chi connectivity index (χ4v) is 4.00. The van der Waals surface area contributed by atoms with Gasteiger partial charge in [-0.15, -0.1) is 11.3 Å². The molecule has 1 aromatic rings. The SMILES string of the molecule is CCOC1(C(N)Cc2cc(Br)cs2)CCOCC1. The lowest BCUT2D eigenvalue weighted by Gasteiger charge is -2.41. The predicted molar refractivity (Wildman–Crippen MR) is 78.1 cm³/mol. The number of ether oxygens (including phenoxy) is 2. The van der Waals surface area contributed by atoms with E-state index < -0.39 is 0 Å². The Balaban J connectivity index is 2.05. The summed E-state index contributed by atoms with van der Waals surface area (Å²) in [7, 11) is 0. The van der Waals surface area contributed by atoms with Crippen molar-refractivity contribution in [3.63, 3.8) is 0 Å². The molecule has 18 heavy (non-hydrogen) atoms. The van der Waals surface area contributed by atoms with E-state index in [1.54, 1.807) is 11.3 Å². The van der Waals surface area contributed by atoms with Gasteiger partial charge in [-0.3, -0.25) is 0 Å². The van der Waals surface area contributed by atoms with Crippen LogP contribution in [0.2, 0.25) is 0 Å². The van der Waals surface area contributed by atoms with Gasteiger partial charge in [0.1, 0.15) is 0 Å². The highest BCUT2D eigenvalue weighted by Gasteiger charge is 2.39. The molecule has 1 aliphatic heterocycles. The van der Waals surface area contributed by atoms with Crippen molar-refractivity contribution >= 4 is 27.3 Å². The maximum Gasteiger partial charge on any atom is 0.0879 e. The van der Waals surface area contributed by atoms with Crippen molar-refractivity contribution in [3.05, 3.63) is 20.8 Å². The van der Waals surface area contributed by atoms with Gasteiger partial charge in [0.15, 0.2) is 0 Å². The summed E-state index contributed by atoms with van der Waals surface area (Å²) < 4.78 is 12.6. The highest BCUT2D eigenvalue weighted by atomic mass is 79.9. The second-order valence-electron chi connectivity index (χ2n) is 4.65. The van der Waals surface area contributed by atoms with Gasteiger partial charge >= 0.3 is 0 Å². The Morgan fingerprint density at radius 3 is 2.83 bits per heavy atom. The van der Waals surface area contributed by atoms with Crippen LogP contribution in [0.1, 0.15) is 24.6 Å². The molecule has 1 aliphatic rings. The average molecular weight is 334 g/mol. The Bertz CT molecular complexity index is 371. The van der Waals surface area contributed by atoms with Crippen molar-refractivity contribution in [2.24, 2.45) is 5.73 Å². The standard InChI is InChI=1S/C13H20BrNO2S/c1-2-17-13(3-5-16-6-4-13)12(15)8-11-7-10(14)9-18-11/h7,9,12H,2-6,8,15H2,1H3. The van der Waals surface area contributed by atoms with E-state index >= 15 is 0 Å². The molecule has 1 unspecified atom stereocenters. The van der Waals surface area contributed by atoms with Crippen LogP contribution in [-0.4, -0.2) is 31.5 Å². The van der Waals surface area contributed by atoms with Gasteiger partial charge in [0.05, 0.1) is 5.60 Å². The summed E-state index contributed by atoms with van der Waals surface area (Å²) in [6.45, 7) is 4.25. The molecule has 1 atom stereocenters. The molecule has 0 saturated carbocycles. The molecule has 5 heteroatoms. The van der Waals surface area contributed by atoms with Crippen LogP contribution in [-0.2, 0) is 15.9 Å². The minimum absolute atomic E-state index is 0.0342. The van der Waals surface area contributed by atoms with Crippen molar-refractivity contribution in [3.8, 4) is 0 Å². The van der Waals surface area contributed by atoms with Crippen molar-refractivity contribution in [2.45, 2.75) is 37.8 Å². The van der Waals surface area contributed by atoms with E-state index in [2.05, 4.69) is 27.4 Å². The normalized spacial score (nSPS) is 20.8. The number of hydrogen-bond acceptors (Lipinski definition) is 4. The monoisotopic (exact) mass is 333 g/mol. The summed E-state index contributed by atoms with van der Waals surface area (Å²) in [4.78, 5) is 1.31. The molecular formula is C13H20BrNO2S. The first-order valence-corrected chi connectivity index (χ1v) is 8.04. The van der Waals surface area contributed by atoms with Crippen LogP contribution >= 0.6 is 27.3 Å². The van der Waals surface area contributed by atoms with E-state index in [1.807, 2.05) is 6.92 Å². The minimum Gasteiger partial charge on any atom is -0.381 e. The smallest absolute Gasteiger partial charge is 0.0879 e. The Labute approximate surface area is 121 Å². The molecule has 2 N–H and O–H groups in total. The third-order valence-electron chi connectivity index (χ3n) is 3.49. The van der Waals surface area contributed by atoms with E-state index in [-0.39, 0.29) is 11.6 Å². The van der Waals surface area contributed by atoms with Gasteiger partial charge in [-0.2, -0.15) is 0 Å². The molecule has 2 heterocycles. The molecule has 0 aromatic carbocycles. The van der Waals surface area contributed by atoms with Crippen LogP contribution in [0.3, 0.4) is 0 Å². The Morgan fingerprint density at radius 2 is 2.28 bits per heavy atom. The molecule has 102 valence electrons. The topological polar surface area (TPSA) is 44.5 Å². The summed E-state index contributed by atoms with van der Waals surface area (Å²) in [5.41, 5.74) is 6.22. The second kappa shape index (κ2) is 6.48. The van der Waals surface area contributed by atoms with E-state index in [4.69, 9.17) is 15.2 Å². The van der Waals surface area contributed by atoms with Gasteiger partial charge in [0, 0.05) is 53.4 Å². The third kappa shape index (κ3) is 3.33. The van der Waals surface area contributed by atoms with E-state index in [9.17, 15) is 0 Å². The molecule has 3 nitrogen and oxygen atoms in total. The number of rotatable bonds is 5. The molecule has 2 rings (SSSR count). The number of thiophene rings is 1. The van der Waals surface area contributed by atoms with Crippen molar-refractivity contribution < 1.29 is 9.47 Å². The predicted octanol–water partition coefficient (Wildman–Crippen LogP) is 2.97. The molecular weight excluding hydrogens is 314 g/mol. The number of hydrogen-bond donors (Lipinski definition) is 1. The minimum atomic E-state index is -0.205. The van der Waals surface area contributed by atoms with Crippen molar-refractivity contribution in [1.29, 1.82) is 0 Å². The van der Waals surface area contributed by atoms with Crippen LogP contribution in [0.15, 0.2) is 15.9 Å². The lowest BCUT2D eigenvalue weighted by molar-refractivity contribution is -0.120. The van der Waals surface area contributed by atoms with Gasteiger partial charge in [0.25, 0.3) is 0 Å². The lowest BCUT2D eigenvalue weighted by atomic mass is 9.84. The van der Waals surface area contributed by atoms with Crippen LogP contribution < -0.4 is 5.73 Å². The fraction of sp³-hybridized carbons (Fsp3) is 0.692. The summed E-state index contributed by atoms with van der Waals surface area (Å²) in [5, 5.41) is 2.10.